The van der Waals surface area contributed by atoms with Crippen molar-refractivity contribution >= 4 is 46.6 Å². The monoisotopic (exact) mass is 332 g/mol. The fourth-order valence-electron chi connectivity index (χ4n) is 1.27. The fraction of sp³-hybridized carbons (Fsp3) is 0.833. The highest BCUT2D eigenvalue weighted by Crippen LogP contribution is 1.94. The molecule has 0 radical (unpaired) electrons. The average molecular weight is 334 g/mol. The van der Waals surface area contributed by atoms with Gasteiger partial charge in [0.25, 0.3) is 0 Å². The molecule has 0 unspecified atom stereocenters. The van der Waals surface area contributed by atoms with Crippen LogP contribution in [0.2, 0.25) is 0 Å². The van der Waals surface area contributed by atoms with E-state index in [2.05, 4.69) is 12.2 Å². The topological polar surface area (TPSA) is 49.4 Å². The van der Waals surface area contributed by atoms with Crippen LogP contribution in [-0.4, -0.2) is 47.6 Å². The second-order valence-electron chi connectivity index (χ2n) is 3.64. The normalized spacial score (nSPS) is 13.8. The summed E-state index contributed by atoms with van der Waals surface area (Å²) in [7, 11) is 0. The van der Waals surface area contributed by atoms with E-state index in [1.165, 1.54) is 24.2 Å². The molecule has 1 rings (SSSR count). The number of hydrogen-bond donors (Lipinski definition) is 1. The zero-order chi connectivity index (χ0) is 15.1. The van der Waals surface area contributed by atoms with Crippen LogP contribution in [-0.2, 0) is 9.59 Å². The van der Waals surface area contributed by atoms with Gasteiger partial charge in [0.2, 0.25) is 0 Å². The highest BCUT2D eigenvalue weighted by Gasteiger charge is 2.23. The Morgan fingerprint density at radius 1 is 1.16 bits per heavy atom. The molecule has 7 heteroatoms. The molecule has 1 fully saturated rings. The van der Waals surface area contributed by atoms with Gasteiger partial charge in [0.1, 0.15) is 0 Å². The van der Waals surface area contributed by atoms with Crippen LogP contribution in [0.1, 0.15) is 33.1 Å². The molecule has 0 spiro atoms. The summed E-state index contributed by atoms with van der Waals surface area (Å²) in [5.74, 6) is -0.0600. The van der Waals surface area contributed by atoms with E-state index in [0.29, 0.717) is 19.6 Å². The van der Waals surface area contributed by atoms with Gasteiger partial charge in [0.05, 0.1) is 5.34 Å². The summed E-state index contributed by atoms with van der Waals surface area (Å²) in [6.45, 7) is 5.87. The number of piperazine rings is 1. The summed E-state index contributed by atoms with van der Waals surface area (Å²) < 4.78 is 0. The van der Waals surface area contributed by atoms with Gasteiger partial charge in [-0.05, 0) is 13.3 Å². The Morgan fingerprint density at radius 3 is 2.05 bits per heavy atom. The Bertz CT molecular complexity index is 237. The SMILES string of the molecule is CCCCCCl.CCN1CCNC(=O)C1=O.ClCCl. The smallest absolute Gasteiger partial charge is 0.311 e. The van der Waals surface area contributed by atoms with Crippen molar-refractivity contribution in [3.05, 3.63) is 0 Å². The number of nitrogens with zero attached hydrogens (tertiary/aromatic N) is 1. The lowest BCUT2D eigenvalue weighted by Crippen LogP contribution is -2.51. The van der Waals surface area contributed by atoms with Crippen LogP contribution in [0.25, 0.3) is 0 Å². The molecule has 1 aliphatic heterocycles. The molecule has 0 bridgehead atoms. The van der Waals surface area contributed by atoms with Crippen LogP contribution in [0, 0.1) is 0 Å². The number of carbonyl (C=O) groups is 2. The molecule has 1 aliphatic rings. The van der Waals surface area contributed by atoms with E-state index in [4.69, 9.17) is 34.8 Å². The molecule has 0 aliphatic carbocycles. The zero-order valence-corrected chi connectivity index (χ0v) is 13.8. The van der Waals surface area contributed by atoms with Crippen LogP contribution in [0.4, 0.5) is 0 Å². The second kappa shape index (κ2) is 15.9. The first-order valence-corrected chi connectivity index (χ1v) is 7.94. The van der Waals surface area contributed by atoms with Crippen LogP contribution < -0.4 is 5.32 Å². The van der Waals surface area contributed by atoms with Crippen LogP contribution in [0.5, 0.6) is 0 Å². The third-order valence-electron chi connectivity index (χ3n) is 2.27. The van der Waals surface area contributed by atoms with Gasteiger partial charge in [-0.3, -0.25) is 9.59 Å². The zero-order valence-electron chi connectivity index (χ0n) is 11.6. The van der Waals surface area contributed by atoms with E-state index < -0.39 is 11.8 Å². The van der Waals surface area contributed by atoms with Gasteiger partial charge in [-0.1, -0.05) is 19.8 Å². The van der Waals surface area contributed by atoms with Crippen LogP contribution in [0.15, 0.2) is 0 Å². The van der Waals surface area contributed by atoms with Crippen molar-refractivity contribution in [2.75, 3.05) is 30.9 Å². The molecule has 4 nitrogen and oxygen atoms in total. The van der Waals surface area contributed by atoms with E-state index in [9.17, 15) is 9.59 Å². The number of likely N-dealkylation sites (N-methyl/N-ethyl adjacent to an activating group) is 1. The van der Waals surface area contributed by atoms with Crippen molar-refractivity contribution in [3.8, 4) is 0 Å². The molecule has 0 saturated carbocycles. The molecule has 2 amide bonds. The van der Waals surface area contributed by atoms with Gasteiger partial charge < -0.3 is 10.2 Å². The lowest BCUT2D eigenvalue weighted by atomic mass is 10.3. The Hall–Kier alpha value is -0.190. The highest BCUT2D eigenvalue weighted by molar-refractivity contribution is 6.40. The third kappa shape index (κ3) is 12.6. The van der Waals surface area contributed by atoms with E-state index in [1.54, 1.807) is 0 Å². The predicted molar refractivity (Wildman–Crippen MR) is 82.1 cm³/mol. The number of nitrogens with one attached hydrogen (secondary N) is 1. The Balaban J connectivity index is 0. The number of unbranched alkanes of at least 4 members (excludes halogenated alkanes) is 2. The molecule has 0 atom stereocenters. The molecule has 0 aromatic heterocycles. The van der Waals surface area contributed by atoms with Crippen molar-refractivity contribution in [1.82, 2.24) is 10.2 Å². The number of carbonyl (C=O) groups excluding carboxylic acids is 2. The average Bonchev–Trinajstić information content (AvgIpc) is 2.41. The van der Waals surface area contributed by atoms with Crippen LogP contribution >= 0.6 is 34.8 Å². The standard InChI is InChI=1S/C6H10N2O2.C5H11Cl.CH2Cl2/c1-2-8-4-3-7-5(9)6(8)10;1-2-3-4-5-6;2-1-3/h2-4H2,1H3,(H,7,9);2-5H2,1H3;1H2. The number of rotatable bonds is 4. The van der Waals surface area contributed by atoms with Crippen molar-refractivity contribution < 1.29 is 9.59 Å². The summed E-state index contributed by atoms with van der Waals surface area (Å²) >= 11 is 14.9. The van der Waals surface area contributed by atoms with Crippen molar-refractivity contribution in [2.24, 2.45) is 0 Å². The molecule has 1 N–H and O–H groups in total. The maximum absolute atomic E-state index is 10.9. The first-order chi connectivity index (χ1) is 9.08. The summed E-state index contributed by atoms with van der Waals surface area (Å²) in [6.07, 6.45) is 3.73. The Morgan fingerprint density at radius 2 is 1.74 bits per heavy atom. The third-order valence-corrected chi connectivity index (χ3v) is 2.53. The summed E-state index contributed by atoms with van der Waals surface area (Å²) in [5.41, 5.74) is 0. The van der Waals surface area contributed by atoms with Gasteiger partial charge in [-0.15, -0.1) is 34.8 Å². The van der Waals surface area contributed by atoms with Gasteiger partial charge >= 0.3 is 11.8 Å². The number of alkyl halides is 3. The molecule has 0 aromatic rings. The first-order valence-electron chi connectivity index (χ1n) is 6.33. The quantitative estimate of drug-likeness (QED) is 0.488. The maximum atomic E-state index is 10.9. The summed E-state index contributed by atoms with van der Waals surface area (Å²) in [4.78, 5) is 23.1. The molecular formula is C12H23Cl3N2O2. The molecular weight excluding hydrogens is 311 g/mol. The molecule has 114 valence electrons. The minimum absolute atomic E-state index is 0.194. The van der Waals surface area contributed by atoms with Crippen molar-refractivity contribution in [3.63, 3.8) is 0 Å². The lowest BCUT2D eigenvalue weighted by Gasteiger charge is -2.24. The fourth-order valence-corrected chi connectivity index (χ4v) is 1.46. The largest absolute Gasteiger partial charge is 0.346 e. The van der Waals surface area contributed by atoms with E-state index in [0.717, 1.165) is 5.88 Å². The first kappa shape index (κ1) is 21.1. The number of hydrogen-bond acceptors (Lipinski definition) is 2. The van der Waals surface area contributed by atoms with Crippen molar-refractivity contribution in [2.45, 2.75) is 33.1 Å². The Labute approximate surface area is 130 Å². The minimum Gasteiger partial charge on any atom is -0.346 e. The van der Waals surface area contributed by atoms with Gasteiger partial charge in [-0.25, -0.2) is 0 Å². The molecule has 1 saturated heterocycles. The van der Waals surface area contributed by atoms with E-state index in [-0.39, 0.29) is 5.34 Å². The van der Waals surface area contributed by atoms with E-state index in [1.807, 2.05) is 6.92 Å². The summed E-state index contributed by atoms with van der Waals surface area (Å²) in [6, 6.07) is 0. The summed E-state index contributed by atoms with van der Waals surface area (Å²) in [5, 5.41) is 2.66. The lowest BCUT2D eigenvalue weighted by molar-refractivity contribution is -0.147. The number of halogens is 3. The number of amides is 2. The highest BCUT2D eigenvalue weighted by atomic mass is 35.5. The van der Waals surface area contributed by atoms with Gasteiger partial charge in [-0.2, -0.15) is 0 Å². The Kier molecular flexibility index (Phi) is 17.6. The van der Waals surface area contributed by atoms with E-state index >= 15 is 0 Å². The molecule has 0 aromatic carbocycles. The maximum Gasteiger partial charge on any atom is 0.311 e. The predicted octanol–water partition coefficient (Wildman–Crippen LogP) is 2.80. The van der Waals surface area contributed by atoms with Gasteiger partial charge in [0.15, 0.2) is 0 Å². The van der Waals surface area contributed by atoms with Crippen LogP contribution in [0.3, 0.4) is 0 Å². The molecule has 1 heterocycles. The second-order valence-corrected chi connectivity index (χ2v) is 4.82. The van der Waals surface area contributed by atoms with Crippen molar-refractivity contribution in [1.29, 1.82) is 0 Å². The minimum atomic E-state index is -0.479. The molecule has 19 heavy (non-hydrogen) atoms. The van der Waals surface area contributed by atoms with Gasteiger partial charge in [0, 0.05) is 25.5 Å².